The lowest BCUT2D eigenvalue weighted by molar-refractivity contribution is 0.242. The van der Waals surface area contributed by atoms with Gasteiger partial charge in [-0.1, -0.05) is 16.2 Å². The minimum atomic E-state index is -1.64. The highest BCUT2D eigenvalue weighted by molar-refractivity contribution is 7.90. The van der Waals surface area contributed by atoms with Crippen molar-refractivity contribution in [3.63, 3.8) is 0 Å². The van der Waals surface area contributed by atoms with Crippen molar-refractivity contribution in [3.8, 4) is 28.0 Å². The molecule has 1 aromatic carbocycles. The average Bonchev–Trinajstić information content (AvgIpc) is 3.61. The molecule has 5 aromatic heterocycles. The third-order valence-electron chi connectivity index (χ3n) is 5.79. The van der Waals surface area contributed by atoms with E-state index >= 15 is 0 Å². The summed E-state index contributed by atoms with van der Waals surface area (Å²) in [6.45, 7) is 4.00. The molecule has 0 aliphatic carbocycles. The van der Waals surface area contributed by atoms with Gasteiger partial charge in [-0.15, -0.1) is 5.10 Å². The number of fused-ring (bicyclic) bond motifs is 2. The maximum absolute atomic E-state index is 13.7. The summed E-state index contributed by atoms with van der Waals surface area (Å²) in [6.07, 6.45) is 10.8. The van der Waals surface area contributed by atoms with E-state index in [2.05, 4.69) is 20.2 Å². The molecular formula is C26H23N7O2S. The molecule has 6 aromatic rings. The predicted octanol–water partition coefficient (Wildman–Crippen LogP) is 4.50. The van der Waals surface area contributed by atoms with Gasteiger partial charge in [0.15, 0.2) is 11.4 Å². The number of nitrogens with zero attached hydrogens (tertiary/aromatic N) is 7. The first-order valence-corrected chi connectivity index (χ1v) is 12.6. The summed E-state index contributed by atoms with van der Waals surface area (Å²) < 4.78 is 24.5. The number of imidazole rings is 1. The van der Waals surface area contributed by atoms with Gasteiger partial charge in [-0.2, -0.15) is 5.10 Å². The van der Waals surface area contributed by atoms with Gasteiger partial charge < -0.3 is 9.29 Å². The lowest BCUT2D eigenvalue weighted by Crippen LogP contribution is -2.16. The highest BCUT2D eigenvalue weighted by Gasteiger charge is 2.24. The van der Waals surface area contributed by atoms with Crippen LogP contribution >= 0.6 is 0 Å². The van der Waals surface area contributed by atoms with Gasteiger partial charge in [0.25, 0.3) is 5.03 Å². The fraction of sp³-hybridized carbons (Fsp3) is 0.154. The lowest BCUT2D eigenvalue weighted by atomic mass is 10.1. The van der Waals surface area contributed by atoms with E-state index in [0.29, 0.717) is 21.7 Å². The first-order chi connectivity index (χ1) is 17.5. The van der Waals surface area contributed by atoms with Crippen LogP contribution in [0.25, 0.3) is 38.9 Å². The number of benzene rings is 1. The summed E-state index contributed by atoms with van der Waals surface area (Å²) in [6, 6.07) is 13.8. The van der Waals surface area contributed by atoms with Gasteiger partial charge in [0.05, 0.1) is 18.5 Å². The molecule has 180 valence electrons. The summed E-state index contributed by atoms with van der Waals surface area (Å²) in [5.74, 6) is 0.823. The van der Waals surface area contributed by atoms with Crippen LogP contribution < -0.4 is 4.74 Å². The molecule has 0 N–H and O–H groups in total. The van der Waals surface area contributed by atoms with E-state index in [-0.39, 0.29) is 6.10 Å². The van der Waals surface area contributed by atoms with Gasteiger partial charge in [-0.25, -0.2) is 4.98 Å². The Morgan fingerprint density at radius 3 is 2.39 bits per heavy atom. The molecule has 9 nitrogen and oxygen atoms in total. The van der Waals surface area contributed by atoms with Gasteiger partial charge >= 0.3 is 0 Å². The standard InChI is InChI=1S/C26H23N7O2S/c1-17(2)35-22-7-4-18(5-8-22)19-6-9-25-28-14-26(32(25)16-19)36(34)33-24-10-20(11-27-23(24)13-30-33)21-12-29-31(3)15-21/h4-17H,1-3H3. The van der Waals surface area contributed by atoms with Crippen LogP contribution in [-0.4, -0.2) is 44.0 Å². The van der Waals surface area contributed by atoms with Crippen LogP contribution in [0, 0.1) is 0 Å². The maximum Gasteiger partial charge on any atom is 0.278 e. The third-order valence-corrected chi connectivity index (χ3v) is 7.06. The van der Waals surface area contributed by atoms with Crippen LogP contribution in [0.4, 0.5) is 0 Å². The molecule has 6 rings (SSSR count). The van der Waals surface area contributed by atoms with Crippen molar-refractivity contribution in [1.82, 2.24) is 33.3 Å². The number of hydrogen-bond acceptors (Lipinski definition) is 6. The Labute approximate surface area is 210 Å². The minimum Gasteiger partial charge on any atom is -0.585 e. The number of hydrogen-bond donors (Lipinski definition) is 0. The van der Waals surface area contributed by atoms with Crippen LogP contribution in [0.5, 0.6) is 5.75 Å². The van der Waals surface area contributed by atoms with Crippen molar-refractivity contribution in [2.75, 3.05) is 0 Å². The number of ether oxygens (including phenoxy) is 1. The van der Waals surface area contributed by atoms with E-state index in [4.69, 9.17) is 4.74 Å². The molecule has 1 atom stereocenters. The Kier molecular flexibility index (Phi) is 5.46. The number of aromatic nitrogens is 7. The van der Waals surface area contributed by atoms with Gasteiger partial charge in [0.2, 0.25) is 0 Å². The summed E-state index contributed by atoms with van der Waals surface area (Å²) in [5, 5.41) is 9.14. The van der Waals surface area contributed by atoms with Crippen molar-refractivity contribution < 1.29 is 9.29 Å². The van der Waals surface area contributed by atoms with E-state index in [1.807, 2.05) is 80.2 Å². The molecule has 0 saturated heterocycles. The van der Waals surface area contributed by atoms with Crippen molar-refractivity contribution in [3.05, 3.63) is 79.6 Å². The smallest absolute Gasteiger partial charge is 0.278 e. The Morgan fingerprint density at radius 2 is 1.64 bits per heavy atom. The Hall–Kier alpha value is -4.15. The highest BCUT2D eigenvalue weighted by Crippen LogP contribution is 2.27. The first-order valence-electron chi connectivity index (χ1n) is 11.5. The topological polar surface area (TPSA) is 98.1 Å². The molecule has 0 bridgehead atoms. The largest absolute Gasteiger partial charge is 0.585 e. The van der Waals surface area contributed by atoms with E-state index in [0.717, 1.165) is 28.0 Å². The number of aryl methyl sites for hydroxylation is 1. The van der Waals surface area contributed by atoms with E-state index in [1.54, 1.807) is 29.5 Å². The number of pyridine rings is 2. The molecule has 5 heterocycles. The van der Waals surface area contributed by atoms with Crippen molar-refractivity contribution in [2.24, 2.45) is 7.05 Å². The average molecular weight is 498 g/mol. The molecule has 0 radical (unpaired) electrons. The van der Waals surface area contributed by atoms with E-state index in [1.165, 1.54) is 4.09 Å². The third kappa shape index (κ3) is 4.00. The summed E-state index contributed by atoms with van der Waals surface area (Å²) in [7, 11) is 1.86. The molecule has 0 saturated carbocycles. The molecule has 10 heteroatoms. The Bertz CT molecular complexity index is 1680. The SMILES string of the molecule is CC(C)Oc1ccc(-c2ccc3ncc([S+]([O-])n4ncc5ncc(-c6cnn(C)c6)cc54)n3c2)cc1. The maximum atomic E-state index is 13.7. The second kappa shape index (κ2) is 8.81. The zero-order valence-electron chi connectivity index (χ0n) is 19.9. The van der Waals surface area contributed by atoms with E-state index in [9.17, 15) is 4.55 Å². The van der Waals surface area contributed by atoms with Crippen LogP contribution in [0.15, 0.2) is 84.7 Å². The van der Waals surface area contributed by atoms with Crippen LogP contribution in [-0.2, 0) is 18.4 Å². The number of rotatable bonds is 6. The minimum absolute atomic E-state index is 0.115. The lowest BCUT2D eigenvalue weighted by Gasteiger charge is -2.11. The highest BCUT2D eigenvalue weighted by atomic mass is 32.2. The zero-order chi connectivity index (χ0) is 24.8. The van der Waals surface area contributed by atoms with Crippen LogP contribution in [0.3, 0.4) is 0 Å². The predicted molar refractivity (Wildman–Crippen MR) is 138 cm³/mol. The van der Waals surface area contributed by atoms with Crippen LogP contribution in [0.2, 0.25) is 0 Å². The molecule has 36 heavy (non-hydrogen) atoms. The van der Waals surface area contributed by atoms with Crippen molar-refractivity contribution in [1.29, 1.82) is 0 Å². The molecule has 0 aliphatic heterocycles. The Morgan fingerprint density at radius 1 is 0.833 bits per heavy atom. The fourth-order valence-corrected chi connectivity index (χ4v) is 5.18. The molecule has 1 unspecified atom stereocenters. The molecule has 0 fully saturated rings. The normalized spacial score (nSPS) is 12.6. The van der Waals surface area contributed by atoms with Gasteiger partial charge in [-0.3, -0.25) is 14.1 Å². The Balaban J connectivity index is 1.37. The quantitative estimate of drug-likeness (QED) is 0.314. The zero-order valence-corrected chi connectivity index (χ0v) is 20.8. The first kappa shape index (κ1) is 22.3. The second-order valence-corrected chi connectivity index (χ2v) is 9.99. The van der Waals surface area contributed by atoms with Crippen molar-refractivity contribution in [2.45, 2.75) is 25.0 Å². The summed E-state index contributed by atoms with van der Waals surface area (Å²) in [5.41, 5.74) is 5.83. The summed E-state index contributed by atoms with van der Waals surface area (Å²) >= 11 is -1.64. The molecule has 0 spiro atoms. The fourth-order valence-electron chi connectivity index (χ4n) is 4.09. The molecule has 0 amide bonds. The van der Waals surface area contributed by atoms with Gasteiger partial charge in [-0.05, 0) is 55.3 Å². The second-order valence-electron chi connectivity index (χ2n) is 8.73. The molecular weight excluding hydrogens is 474 g/mol. The van der Waals surface area contributed by atoms with Gasteiger partial charge in [0, 0.05) is 36.8 Å². The summed E-state index contributed by atoms with van der Waals surface area (Å²) in [4.78, 5) is 8.97. The monoisotopic (exact) mass is 497 g/mol. The van der Waals surface area contributed by atoms with Crippen LogP contribution in [0.1, 0.15) is 13.8 Å². The van der Waals surface area contributed by atoms with Crippen molar-refractivity contribution >= 4 is 28.0 Å². The molecule has 0 aliphatic rings. The van der Waals surface area contributed by atoms with Gasteiger partial charge in [0.1, 0.15) is 28.6 Å². The van der Waals surface area contributed by atoms with E-state index < -0.39 is 11.4 Å².